The van der Waals surface area contributed by atoms with Crippen LogP contribution in [0.15, 0.2) is 39.1 Å². The first-order chi connectivity index (χ1) is 13.1. The van der Waals surface area contributed by atoms with Crippen LogP contribution < -0.4 is 16.2 Å². The Kier molecular flexibility index (Phi) is 5.65. The van der Waals surface area contributed by atoms with Gasteiger partial charge in [0.05, 0.1) is 16.8 Å². The highest BCUT2D eigenvalue weighted by atomic mass is 32.2. The Morgan fingerprint density at radius 3 is 2.57 bits per heavy atom. The molecule has 9 heteroatoms. The number of benzene rings is 1. The summed E-state index contributed by atoms with van der Waals surface area (Å²) in [7, 11) is 0. The molecule has 5 nitrogen and oxygen atoms in total. The summed E-state index contributed by atoms with van der Waals surface area (Å²) in [5.41, 5.74) is 4.93. The summed E-state index contributed by atoms with van der Waals surface area (Å²) >= 11 is 0.792. The summed E-state index contributed by atoms with van der Waals surface area (Å²) in [6, 6.07) is 3.39. The molecular formula is C19H23F3N4OS. The first-order valence-corrected chi connectivity index (χ1v) is 9.92. The van der Waals surface area contributed by atoms with Crippen LogP contribution in [-0.2, 0) is 6.18 Å². The first-order valence-electron chi connectivity index (χ1n) is 9.10. The van der Waals surface area contributed by atoms with E-state index in [1.807, 2.05) is 4.90 Å². The lowest BCUT2D eigenvalue weighted by atomic mass is 9.78. The Morgan fingerprint density at radius 2 is 2.00 bits per heavy atom. The molecule has 1 fully saturated rings. The SMILES string of the molecule is CCC1(C)CCN(c2ncc(Sc3cc(N)ccc3C(F)(F)F)[nH]c2=O)CC1. The molecule has 0 aliphatic carbocycles. The molecule has 0 unspecified atom stereocenters. The van der Waals surface area contributed by atoms with Gasteiger partial charge in [0, 0.05) is 23.7 Å². The summed E-state index contributed by atoms with van der Waals surface area (Å²) in [5, 5.41) is 0.236. The molecule has 28 heavy (non-hydrogen) atoms. The summed E-state index contributed by atoms with van der Waals surface area (Å²) in [4.78, 5) is 21.2. The zero-order chi connectivity index (χ0) is 20.5. The smallest absolute Gasteiger partial charge is 0.399 e. The second-order valence-electron chi connectivity index (χ2n) is 7.41. The average molecular weight is 412 g/mol. The Balaban J connectivity index is 1.81. The highest BCUT2D eigenvalue weighted by Gasteiger charge is 2.34. The minimum atomic E-state index is -4.51. The molecule has 2 aromatic rings. The van der Waals surface area contributed by atoms with E-state index in [9.17, 15) is 18.0 Å². The van der Waals surface area contributed by atoms with E-state index in [4.69, 9.17) is 5.73 Å². The number of hydrogen-bond donors (Lipinski definition) is 2. The summed E-state index contributed by atoms with van der Waals surface area (Å²) in [6.45, 7) is 5.88. The molecule has 3 N–H and O–H groups in total. The van der Waals surface area contributed by atoms with Crippen LogP contribution in [0.25, 0.3) is 0 Å². The molecule has 0 radical (unpaired) electrons. The normalized spacial score (nSPS) is 17.0. The third-order valence-corrected chi connectivity index (χ3v) is 6.38. The molecule has 0 saturated carbocycles. The fraction of sp³-hybridized carbons (Fsp3) is 0.474. The monoisotopic (exact) mass is 412 g/mol. The molecule has 0 bridgehead atoms. The predicted molar refractivity (Wildman–Crippen MR) is 105 cm³/mol. The lowest BCUT2D eigenvalue weighted by molar-refractivity contribution is -0.139. The molecule has 1 aromatic heterocycles. The molecule has 1 aliphatic heterocycles. The predicted octanol–water partition coefficient (Wildman–Crippen LogP) is 4.54. The Bertz CT molecular complexity index is 905. The Morgan fingerprint density at radius 1 is 1.32 bits per heavy atom. The van der Waals surface area contributed by atoms with Gasteiger partial charge >= 0.3 is 6.18 Å². The van der Waals surface area contributed by atoms with Crippen LogP contribution in [0.4, 0.5) is 24.7 Å². The number of halogens is 3. The molecule has 1 aromatic carbocycles. The van der Waals surface area contributed by atoms with Gasteiger partial charge in [-0.1, -0.05) is 32.0 Å². The van der Waals surface area contributed by atoms with Crippen molar-refractivity contribution in [3.63, 3.8) is 0 Å². The lowest BCUT2D eigenvalue weighted by Gasteiger charge is -2.39. The van der Waals surface area contributed by atoms with Gasteiger partial charge in [0.15, 0.2) is 5.82 Å². The van der Waals surface area contributed by atoms with E-state index in [1.165, 1.54) is 18.3 Å². The van der Waals surface area contributed by atoms with Gasteiger partial charge in [-0.05, 0) is 36.5 Å². The number of hydrogen-bond acceptors (Lipinski definition) is 5. The van der Waals surface area contributed by atoms with Gasteiger partial charge in [-0.3, -0.25) is 4.79 Å². The number of nitrogens with one attached hydrogen (secondary N) is 1. The molecule has 1 saturated heterocycles. The average Bonchev–Trinajstić information content (AvgIpc) is 2.62. The number of nitrogen functional groups attached to an aromatic ring is 1. The van der Waals surface area contributed by atoms with Crippen LogP contribution >= 0.6 is 11.8 Å². The largest absolute Gasteiger partial charge is 0.417 e. The molecular weight excluding hydrogens is 389 g/mol. The number of aromatic amines is 1. The van der Waals surface area contributed by atoms with Crippen LogP contribution in [0.1, 0.15) is 38.7 Å². The standard InChI is InChI=1S/C19H23F3N4OS/c1-3-18(2)6-8-26(9-7-18)16-17(27)25-15(11-24-16)28-14-10-12(23)4-5-13(14)19(20,21)22/h4-5,10-11H,3,6-9,23H2,1-2H3,(H,25,27). The van der Waals surface area contributed by atoms with Gasteiger partial charge in [-0.25, -0.2) is 4.98 Å². The van der Waals surface area contributed by atoms with Crippen LogP contribution in [0.5, 0.6) is 0 Å². The van der Waals surface area contributed by atoms with Gasteiger partial charge in [0.1, 0.15) is 0 Å². The number of piperidine rings is 1. The van der Waals surface area contributed by atoms with E-state index in [1.54, 1.807) is 0 Å². The zero-order valence-electron chi connectivity index (χ0n) is 15.8. The van der Waals surface area contributed by atoms with Crippen LogP contribution in [0.3, 0.4) is 0 Å². The van der Waals surface area contributed by atoms with E-state index in [0.717, 1.165) is 50.2 Å². The van der Waals surface area contributed by atoms with Crippen molar-refractivity contribution in [3.8, 4) is 0 Å². The van der Waals surface area contributed by atoms with Crippen molar-refractivity contribution < 1.29 is 13.2 Å². The van der Waals surface area contributed by atoms with Gasteiger partial charge in [0.2, 0.25) is 0 Å². The molecule has 3 rings (SSSR count). The number of H-pyrrole nitrogens is 1. The maximum atomic E-state index is 13.2. The minimum absolute atomic E-state index is 0.0746. The van der Waals surface area contributed by atoms with Crippen molar-refractivity contribution in [2.45, 2.75) is 49.2 Å². The highest BCUT2D eigenvalue weighted by molar-refractivity contribution is 7.99. The van der Waals surface area contributed by atoms with Crippen LogP contribution in [0.2, 0.25) is 0 Å². The minimum Gasteiger partial charge on any atom is -0.399 e. The fourth-order valence-electron chi connectivity index (χ4n) is 3.24. The van der Waals surface area contributed by atoms with Gasteiger partial charge in [-0.15, -0.1) is 0 Å². The maximum Gasteiger partial charge on any atom is 0.417 e. The van der Waals surface area contributed by atoms with E-state index in [0.29, 0.717) is 5.82 Å². The number of aromatic nitrogens is 2. The number of rotatable bonds is 4. The number of nitrogens with zero attached hydrogens (tertiary/aromatic N) is 2. The van der Waals surface area contributed by atoms with E-state index in [2.05, 4.69) is 23.8 Å². The van der Waals surface area contributed by atoms with E-state index in [-0.39, 0.29) is 21.0 Å². The van der Waals surface area contributed by atoms with Crippen molar-refractivity contribution >= 4 is 23.3 Å². The number of nitrogens with two attached hydrogens (primary N) is 1. The molecule has 0 amide bonds. The Hall–Kier alpha value is -2.16. The Labute approximate surface area is 165 Å². The first kappa shape index (κ1) is 20.6. The second-order valence-corrected chi connectivity index (χ2v) is 8.49. The molecule has 0 atom stereocenters. The summed E-state index contributed by atoms with van der Waals surface area (Å²) < 4.78 is 39.6. The van der Waals surface area contributed by atoms with Gasteiger partial charge < -0.3 is 15.6 Å². The number of anilines is 2. The van der Waals surface area contributed by atoms with Gasteiger partial charge in [0.25, 0.3) is 5.56 Å². The van der Waals surface area contributed by atoms with Crippen molar-refractivity contribution in [1.82, 2.24) is 9.97 Å². The molecule has 152 valence electrons. The molecule has 1 aliphatic rings. The summed E-state index contributed by atoms with van der Waals surface area (Å²) in [5.74, 6) is 0.311. The highest BCUT2D eigenvalue weighted by Crippen LogP contribution is 2.40. The third kappa shape index (κ3) is 4.45. The van der Waals surface area contributed by atoms with E-state index < -0.39 is 17.3 Å². The van der Waals surface area contributed by atoms with Crippen LogP contribution in [0, 0.1) is 5.41 Å². The molecule has 2 heterocycles. The van der Waals surface area contributed by atoms with E-state index >= 15 is 0 Å². The van der Waals surface area contributed by atoms with Crippen molar-refractivity contribution in [3.05, 3.63) is 40.3 Å². The fourth-order valence-corrected chi connectivity index (χ4v) is 4.22. The van der Waals surface area contributed by atoms with Gasteiger partial charge in [-0.2, -0.15) is 13.2 Å². The third-order valence-electron chi connectivity index (χ3n) is 5.40. The van der Waals surface area contributed by atoms with Crippen molar-refractivity contribution in [2.75, 3.05) is 23.7 Å². The molecule has 0 spiro atoms. The second kappa shape index (κ2) is 7.69. The van der Waals surface area contributed by atoms with Crippen LogP contribution in [-0.4, -0.2) is 23.1 Å². The maximum absolute atomic E-state index is 13.2. The van der Waals surface area contributed by atoms with Crippen molar-refractivity contribution in [2.24, 2.45) is 5.41 Å². The lowest BCUT2D eigenvalue weighted by Crippen LogP contribution is -2.41. The topological polar surface area (TPSA) is 75.0 Å². The quantitative estimate of drug-likeness (QED) is 0.722. The van der Waals surface area contributed by atoms with Crippen molar-refractivity contribution in [1.29, 1.82) is 0 Å². The summed E-state index contributed by atoms with van der Waals surface area (Å²) in [6.07, 6.45) is -0.0809. The zero-order valence-corrected chi connectivity index (χ0v) is 16.6. The number of alkyl halides is 3.